The molecular weight excluding hydrogens is 264 g/mol. The van der Waals surface area contributed by atoms with Gasteiger partial charge in [0.1, 0.15) is 0 Å². The van der Waals surface area contributed by atoms with Gasteiger partial charge in [0, 0.05) is 12.4 Å². The molecule has 0 aliphatic carbocycles. The molecule has 0 amide bonds. The van der Waals surface area contributed by atoms with E-state index in [1.165, 1.54) is 18.5 Å². The van der Waals surface area contributed by atoms with Gasteiger partial charge in [-0.3, -0.25) is 5.84 Å². The Morgan fingerprint density at radius 2 is 2.05 bits per heavy atom. The second kappa shape index (κ2) is 8.06. The molecule has 108 valence electrons. The number of rotatable bonds is 5. The van der Waals surface area contributed by atoms with Crippen molar-refractivity contribution in [3.05, 3.63) is 53.9 Å². The number of allylic oxidation sites excluding steroid dienone is 1. The highest BCUT2D eigenvalue weighted by atomic mass is 19.1. The Balaban J connectivity index is 3.06. The summed E-state index contributed by atoms with van der Waals surface area (Å²) < 4.78 is 32.3. The molecule has 1 aromatic rings. The molecule has 0 aliphatic heterocycles. The lowest BCUT2D eigenvalue weighted by Gasteiger charge is -2.08. The smallest absolute Gasteiger partial charge is 0.219 e. The van der Waals surface area contributed by atoms with Gasteiger partial charge in [-0.15, -0.1) is 0 Å². The first-order valence-electron chi connectivity index (χ1n) is 6.06. The SMILES string of the molecule is CC/C(C)=C/C(=N/C=C/NN)Oc1c(F)cccc1F. The van der Waals surface area contributed by atoms with Gasteiger partial charge < -0.3 is 10.2 Å². The number of nitrogens with two attached hydrogens (primary N) is 1. The zero-order valence-electron chi connectivity index (χ0n) is 11.4. The summed E-state index contributed by atoms with van der Waals surface area (Å²) in [6.07, 6.45) is 5.05. The van der Waals surface area contributed by atoms with Crippen LogP contribution in [0.5, 0.6) is 5.75 Å². The number of nitrogens with one attached hydrogen (secondary N) is 1. The quantitative estimate of drug-likeness (QED) is 0.377. The number of aliphatic imine (C=N–C) groups is 1. The monoisotopic (exact) mass is 281 g/mol. The molecule has 0 saturated carbocycles. The Morgan fingerprint density at radius 3 is 2.60 bits per heavy atom. The first kappa shape index (κ1) is 15.8. The second-order valence-corrected chi connectivity index (χ2v) is 3.95. The summed E-state index contributed by atoms with van der Waals surface area (Å²) in [5, 5.41) is 0. The lowest BCUT2D eigenvalue weighted by Crippen LogP contribution is -2.13. The fraction of sp³-hybridized carbons (Fsp3) is 0.214. The Labute approximate surface area is 116 Å². The highest BCUT2D eigenvalue weighted by molar-refractivity contribution is 5.90. The third kappa shape index (κ3) is 4.81. The van der Waals surface area contributed by atoms with E-state index in [0.29, 0.717) is 0 Å². The van der Waals surface area contributed by atoms with Crippen LogP contribution in [0.1, 0.15) is 20.3 Å². The van der Waals surface area contributed by atoms with Crippen LogP contribution in [0.3, 0.4) is 0 Å². The normalized spacial score (nSPS) is 12.8. The number of hydrazine groups is 1. The average Bonchev–Trinajstić information content (AvgIpc) is 2.42. The van der Waals surface area contributed by atoms with Gasteiger partial charge in [-0.1, -0.05) is 18.6 Å². The molecule has 0 aromatic heterocycles. The number of benzene rings is 1. The molecular formula is C14H17F2N3O. The molecule has 0 atom stereocenters. The van der Waals surface area contributed by atoms with E-state index in [0.717, 1.165) is 24.1 Å². The highest BCUT2D eigenvalue weighted by Gasteiger charge is 2.12. The summed E-state index contributed by atoms with van der Waals surface area (Å²) in [4.78, 5) is 3.94. The lowest BCUT2D eigenvalue weighted by molar-refractivity contribution is 0.449. The van der Waals surface area contributed by atoms with E-state index in [9.17, 15) is 8.78 Å². The molecule has 0 fully saturated rings. The van der Waals surface area contributed by atoms with Gasteiger partial charge >= 0.3 is 0 Å². The van der Waals surface area contributed by atoms with Gasteiger partial charge in [0.05, 0.1) is 0 Å². The number of ether oxygens (including phenoxy) is 1. The topological polar surface area (TPSA) is 59.6 Å². The molecule has 0 spiro atoms. The molecule has 3 N–H and O–H groups in total. The maximum Gasteiger partial charge on any atom is 0.219 e. The summed E-state index contributed by atoms with van der Waals surface area (Å²) in [6.45, 7) is 3.81. The zero-order chi connectivity index (χ0) is 15.0. The zero-order valence-corrected chi connectivity index (χ0v) is 11.4. The van der Waals surface area contributed by atoms with Crippen molar-refractivity contribution in [1.82, 2.24) is 5.43 Å². The minimum atomic E-state index is -0.791. The van der Waals surface area contributed by atoms with E-state index in [2.05, 4.69) is 10.4 Å². The van der Waals surface area contributed by atoms with Crippen molar-refractivity contribution in [2.24, 2.45) is 10.8 Å². The fourth-order valence-electron chi connectivity index (χ4n) is 1.24. The van der Waals surface area contributed by atoms with Gasteiger partial charge in [-0.2, -0.15) is 0 Å². The average molecular weight is 281 g/mol. The third-order valence-electron chi connectivity index (χ3n) is 2.43. The summed E-state index contributed by atoms with van der Waals surface area (Å²) >= 11 is 0. The van der Waals surface area contributed by atoms with Gasteiger partial charge in [0.15, 0.2) is 11.6 Å². The van der Waals surface area contributed by atoms with E-state index < -0.39 is 17.4 Å². The van der Waals surface area contributed by atoms with Crippen LogP contribution >= 0.6 is 0 Å². The molecule has 4 nitrogen and oxygen atoms in total. The largest absolute Gasteiger partial charge is 0.433 e. The first-order chi connectivity index (χ1) is 9.58. The van der Waals surface area contributed by atoms with Crippen LogP contribution in [0.4, 0.5) is 8.78 Å². The molecule has 1 rings (SSSR count). The third-order valence-corrected chi connectivity index (χ3v) is 2.43. The van der Waals surface area contributed by atoms with Crippen LogP contribution in [-0.4, -0.2) is 5.90 Å². The maximum absolute atomic E-state index is 13.5. The van der Waals surface area contributed by atoms with Crippen LogP contribution in [0, 0.1) is 11.6 Å². The molecule has 0 unspecified atom stereocenters. The summed E-state index contributed by atoms with van der Waals surface area (Å²) in [5.74, 6) is 3.06. The van der Waals surface area contributed by atoms with Crippen LogP contribution in [0.2, 0.25) is 0 Å². The molecule has 0 saturated heterocycles. The van der Waals surface area contributed by atoms with E-state index >= 15 is 0 Å². The van der Waals surface area contributed by atoms with E-state index in [-0.39, 0.29) is 5.90 Å². The van der Waals surface area contributed by atoms with Crippen molar-refractivity contribution in [3.8, 4) is 5.75 Å². The fourth-order valence-corrected chi connectivity index (χ4v) is 1.24. The predicted molar refractivity (Wildman–Crippen MR) is 74.9 cm³/mol. The Hall–Kier alpha value is -2.21. The summed E-state index contributed by atoms with van der Waals surface area (Å²) in [7, 11) is 0. The van der Waals surface area contributed by atoms with E-state index in [1.54, 1.807) is 6.08 Å². The van der Waals surface area contributed by atoms with Crippen LogP contribution in [-0.2, 0) is 0 Å². The van der Waals surface area contributed by atoms with Crippen molar-refractivity contribution < 1.29 is 13.5 Å². The standard InChI is InChI=1S/C14H17F2N3O/c1-3-10(2)9-13(18-7-8-19-17)20-14-11(15)5-4-6-12(14)16/h4-9,19H,3,17H2,1-2H3/b8-7+,10-9+,18-13-. The molecule has 0 radical (unpaired) electrons. The van der Waals surface area contributed by atoms with Crippen molar-refractivity contribution in [3.63, 3.8) is 0 Å². The Bertz CT molecular complexity index is 519. The van der Waals surface area contributed by atoms with E-state index in [4.69, 9.17) is 10.6 Å². The molecule has 6 heteroatoms. The predicted octanol–water partition coefficient (Wildman–Crippen LogP) is 3.03. The Morgan fingerprint density at radius 1 is 1.40 bits per heavy atom. The minimum Gasteiger partial charge on any atom is -0.433 e. The number of hydrogen-bond acceptors (Lipinski definition) is 4. The molecule has 1 aromatic carbocycles. The van der Waals surface area contributed by atoms with Gasteiger partial charge in [0.2, 0.25) is 11.6 Å². The minimum absolute atomic E-state index is 0.0693. The van der Waals surface area contributed by atoms with Gasteiger partial charge in [0.25, 0.3) is 0 Å². The molecule has 20 heavy (non-hydrogen) atoms. The number of hydrogen-bond donors (Lipinski definition) is 2. The van der Waals surface area contributed by atoms with Crippen LogP contribution in [0.15, 0.2) is 47.2 Å². The second-order valence-electron chi connectivity index (χ2n) is 3.95. The lowest BCUT2D eigenvalue weighted by atomic mass is 10.2. The highest BCUT2D eigenvalue weighted by Crippen LogP contribution is 2.21. The molecule has 0 aliphatic rings. The van der Waals surface area contributed by atoms with Crippen molar-refractivity contribution in [1.29, 1.82) is 0 Å². The molecule has 0 heterocycles. The summed E-state index contributed by atoms with van der Waals surface area (Å²) in [5.41, 5.74) is 3.22. The van der Waals surface area contributed by atoms with Crippen LogP contribution < -0.4 is 16.0 Å². The first-order valence-corrected chi connectivity index (χ1v) is 6.06. The van der Waals surface area contributed by atoms with E-state index in [1.807, 2.05) is 13.8 Å². The Kier molecular flexibility index (Phi) is 6.39. The van der Waals surface area contributed by atoms with Gasteiger partial charge in [-0.25, -0.2) is 13.8 Å². The van der Waals surface area contributed by atoms with Crippen molar-refractivity contribution in [2.75, 3.05) is 0 Å². The van der Waals surface area contributed by atoms with Crippen LogP contribution in [0.25, 0.3) is 0 Å². The number of para-hydroxylation sites is 1. The van der Waals surface area contributed by atoms with Crippen molar-refractivity contribution >= 4 is 5.90 Å². The van der Waals surface area contributed by atoms with Gasteiger partial charge in [-0.05, 0) is 31.6 Å². The number of nitrogens with zero attached hydrogens (tertiary/aromatic N) is 1. The number of halogens is 2. The van der Waals surface area contributed by atoms with Crippen molar-refractivity contribution in [2.45, 2.75) is 20.3 Å². The molecule has 0 bridgehead atoms. The summed E-state index contributed by atoms with van der Waals surface area (Å²) in [6, 6.07) is 3.49. The maximum atomic E-state index is 13.5.